The van der Waals surface area contributed by atoms with Crippen LogP contribution in [0, 0.1) is 5.82 Å². The molecule has 1 aliphatic carbocycles. The van der Waals surface area contributed by atoms with E-state index >= 15 is 0 Å². The largest absolute Gasteiger partial charge is 0.481 e. The molecule has 4 aromatic heterocycles. The highest BCUT2D eigenvalue weighted by molar-refractivity contribution is 5.91. The molecule has 5 rings (SSSR count). The number of nitrogens with zero attached hydrogens (tertiary/aromatic N) is 5. The highest BCUT2D eigenvalue weighted by atomic mass is 19.1. The first kappa shape index (κ1) is 18.2. The molecular weight excluding hydrogens is 391 g/mol. The second-order valence-corrected chi connectivity index (χ2v) is 7.14. The van der Waals surface area contributed by atoms with E-state index in [0.717, 1.165) is 24.7 Å². The summed E-state index contributed by atoms with van der Waals surface area (Å²) in [5.74, 6) is -0.0207. The number of fused-ring (bicyclic) bond motifs is 2. The molecule has 1 saturated carbocycles. The number of hydrogen-bond donors (Lipinski definition) is 1. The molecule has 0 saturated heterocycles. The van der Waals surface area contributed by atoms with Crippen LogP contribution in [0.2, 0.25) is 0 Å². The van der Waals surface area contributed by atoms with Gasteiger partial charge in [-0.25, -0.2) is 9.37 Å². The Morgan fingerprint density at radius 2 is 2.13 bits per heavy atom. The molecular formula is C20H17FN6O3. The van der Waals surface area contributed by atoms with Crippen LogP contribution in [-0.2, 0) is 11.3 Å². The number of carbonyl (C=O) groups excluding carboxylic acids is 1. The van der Waals surface area contributed by atoms with Crippen molar-refractivity contribution >= 4 is 28.4 Å². The fourth-order valence-corrected chi connectivity index (χ4v) is 3.38. The van der Waals surface area contributed by atoms with E-state index in [2.05, 4.69) is 20.4 Å². The quantitative estimate of drug-likeness (QED) is 0.542. The van der Waals surface area contributed by atoms with Crippen molar-refractivity contribution in [3.8, 4) is 5.88 Å². The third-order valence-electron chi connectivity index (χ3n) is 5.02. The van der Waals surface area contributed by atoms with Crippen molar-refractivity contribution < 1.29 is 13.9 Å². The number of rotatable bonds is 5. The fraction of sp³-hybridized carbons (Fsp3) is 0.250. The summed E-state index contributed by atoms with van der Waals surface area (Å²) in [7, 11) is 1.48. The lowest BCUT2D eigenvalue weighted by Crippen LogP contribution is -2.25. The summed E-state index contributed by atoms with van der Waals surface area (Å²) in [6.45, 7) is -0.144. The molecule has 0 spiro atoms. The molecule has 4 heterocycles. The van der Waals surface area contributed by atoms with Crippen LogP contribution in [0.4, 0.5) is 10.2 Å². The molecule has 9 nitrogen and oxygen atoms in total. The summed E-state index contributed by atoms with van der Waals surface area (Å²) in [5, 5.41) is 7.42. The Morgan fingerprint density at radius 3 is 2.83 bits per heavy atom. The van der Waals surface area contributed by atoms with E-state index < -0.39 is 11.7 Å². The second-order valence-electron chi connectivity index (χ2n) is 7.14. The maximum Gasteiger partial charge on any atom is 0.283 e. The number of ether oxygens (including phenoxy) is 1. The normalized spacial score (nSPS) is 13.7. The van der Waals surface area contributed by atoms with Gasteiger partial charge >= 0.3 is 0 Å². The summed E-state index contributed by atoms with van der Waals surface area (Å²) in [4.78, 5) is 33.9. The Bertz CT molecular complexity index is 1340. The van der Waals surface area contributed by atoms with Crippen molar-refractivity contribution in [3.63, 3.8) is 0 Å². The van der Waals surface area contributed by atoms with E-state index in [9.17, 15) is 14.0 Å². The zero-order valence-corrected chi connectivity index (χ0v) is 16.0. The van der Waals surface area contributed by atoms with E-state index in [1.165, 1.54) is 23.8 Å². The Balaban J connectivity index is 1.63. The predicted molar refractivity (Wildman–Crippen MR) is 106 cm³/mol. The van der Waals surface area contributed by atoms with Gasteiger partial charge in [-0.05, 0) is 31.0 Å². The lowest BCUT2D eigenvalue weighted by Gasteiger charge is -2.13. The van der Waals surface area contributed by atoms with Crippen molar-refractivity contribution in [2.45, 2.75) is 25.3 Å². The molecule has 152 valence electrons. The monoisotopic (exact) mass is 408 g/mol. The Hall–Kier alpha value is -3.82. The van der Waals surface area contributed by atoms with Crippen LogP contribution < -0.4 is 15.6 Å². The van der Waals surface area contributed by atoms with Crippen molar-refractivity contribution in [2.75, 3.05) is 12.4 Å². The molecule has 1 amide bonds. The van der Waals surface area contributed by atoms with Gasteiger partial charge in [-0.15, -0.1) is 0 Å². The molecule has 10 heteroatoms. The zero-order chi connectivity index (χ0) is 20.8. The van der Waals surface area contributed by atoms with E-state index in [1.807, 2.05) is 6.07 Å². The van der Waals surface area contributed by atoms with Crippen LogP contribution in [0.1, 0.15) is 24.5 Å². The molecule has 0 atom stereocenters. The summed E-state index contributed by atoms with van der Waals surface area (Å²) in [5.41, 5.74) is 1.30. The van der Waals surface area contributed by atoms with Gasteiger partial charge in [0, 0.05) is 18.1 Å². The topological polar surface area (TPSA) is 103 Å². The fourth-order valence-electron chi connectivity index (χ4n) is 3.38. The van der Waals surface area contributed by atoms with E-state index in [4.69, 9.17) is 4.74 Å². The van der Waals surface area contributed by atoms with E-state index in [1.54, 1.807) is 16.7 Å². The molecule has 0 bridgehead atoms. The Kier molecular flexibility index (Phi) is 4.19. The van der Waals surface area contributed by atoms with Gasteiger partial charge in [-0.1, -0.05) is 0 Å². The van der Waals surface area contributed by atoms with Crippen molar-refractivity contribution in [3.05, 3.63) is 58.4 Å². The third-order valence-corrected chi connectivity index (χ3v) is 5.02. The zero-order valence-electron chi connectivity index (χ0n) is 16.0. The van der Waals surface area contributed by atoms with Crippen molar-refractivity contribution in [1.29, 1.82) is 0 Å². The SMILES string of the molecule is COc1ccc2c(=O)n3nc(C4CC4)cc3n(CC(=O)Nc3ccc(F)cn3)c2n1. The molecule has 0 radical (unpaired) electrons. The van der Waals surface area contributed by atoms with Gasteiger partial charge in [0.2, 0.25) is 11.8 Å². The molecule has 0 aliphatic heterocycles. The standard InChI is InChI=1S/C20H17FN6O3/c1-30-17-7-5-13-19(24-17)26(10-16(28)23-15-6-4-12(21)9-22-15)18-8-14(11-2-3-11)25-27(18)20(13)29/h4-9,11H,2-3,10H2,1H3,(H,22,23,28). The molecule has 30 heavy (non-hydrogen) atoms. The van der Waals surface area contributed by atoms with Crippen LogP contribution >= 0.6 is 0 Å². The number of nitrogens with one attached hydrogen (secondary N) is 1. The average Bonchev–Trinajstić information content (AvgIpc) is 3.50. The van der Waals surface area contributed by atoms with Crippen LogP contribution in [0.3, 0.4) is 0 Å². The van der Waals surface area contributed by atoms with Crippen LogP contribution in [0.5, 0.6) is 5.88 Å². The van der Waals surface area contributed by atoms with Crippen molar-refractivity contribution in [2.24, 2.45) is 0 Å². The summed E-state index contributed by atoms with van der Waals surface area (Å²) in [6, 6.07) is 7.60. The summed E-state index contributed by atoms with van der Waals surface area (Å²) >= 11 is 0. The number of carbonyl (C=O) groups is 1. The van der Waals surface area contributed by atoms with Crippen molar-refractivity contribution in [1.82, 2.24) is 24.1 Å². The van der Waals surface area contributed by atoms with Gasteiger partial charge < -0.3 is 14.6 Å². The van der Waals surface area contributed by atoms with E-state index in [0.29, 0.717) is 28.5 Å². The Labute approximate surface area is 169 Å². The first-order valence-corrected chi connectivity index (χ1v) is 9.42. The number of methoxy groups -OCH3 is 1. The predicted octanol–water partition coefficient (Wildman–Crippen LogP) is 2.10. The Morgan fingerprint density at radius 1 is 1.30 bits per heavy atom. The first-order valence-electron chi connectivity index (χ1n) is 9.42. The molecule has 1 N–H and O–H groups in total. The minimum absolute atomic E-state index is 0.144. The first-order chi connectivity index (χ1) is 14.5. The summed E-state index contributed by atoms with van der Waals surface area (Å²) in [6.07, 6.45) is 3.08. The highest BCUT2D eigenvalue weighted by Gasteiger charge is 2.28. The maximum absolute atomic E-state index is 13.1. The molecule has 0 unspecified atom stereocenters. The van der Waals surface area contributed by atoms with Crippen LogP contribution in [0.25, 0.3) is 16.7 Å². The minimum atomic E-state index is -0.496. The van der Waals surface area contributed by atoms with Gasteiger partial charge in [0.15, 0.2) is 5.65 Å². The number of pyridine rings is 2. The van der Waals surface area contributed by atoms with Gasteiger partial charge in [-0.2, -0.15) is 14.6 Å². The summed E-state index contributed by atoms with van der Waals surface area (Å²) < 4.78 is 21.2. The lowest BCUT2D eigenvalue weighted by atomic mass is 10.3. The number of anilines is 1. The number of halogens is 1. The lowest BCUT2D eigenvalue weighted by molar-refractivity contribution is -0.116. The average molecular weight is 408 g/mol. The second kappa shape index (κ2) is 6.90. The minimum Gasteiger partial charge on any atom is -0.481 e. The van der Waals surface area contributed by atoms with Crippen LogP contribution in [-0.4, -0.2) is 37.2 Å². The number of amides is 1. The van der Waals surface area contributed by atoms with Crippen LogP contribution in [0.15, 0.2) is 41.3 Å². The third kappa shape index (κ3) is 3.15. The molecule has 4 aromatic rings. The van der Waals surface area contributed by atoms with Gasteiger partial charge in [0.25, 0.3) is 5.56 Å². The van der Waals surface area contributed by atoms with Gasteiger partial charge in [-0.3, -0.25) is 9.59 Å². The highest BCUT2D eigenvalue weighted by Crippen LogP contribution is 2.39. The molecule has 1 fully saturated rings. The number of hydrogen-bond acceptors (Lipinski definition) is 6. The smallest absolute Gasteiger partial charge is 0.283 e. The molecule has 1 aliphatic rings. The van der Waals surface area contributed by atoms with Gasteiger partial charge in [0.05, 0.1) is 24.4 Å². The molecule has 0 aromatic carbocycles. The van der Waals surface area contributed by atoms with Gasteiger partial charge in [0.1, 0.15) is 23.8 Å². The van der Waals surface area contributed by atoms with E-state index in [-0.39, 0.29) is 17.9 Å². The number of aromatic nitrogens is 5. The maximum atomic E-state index is 13.1.